The number of nitrogens with two attached hydrogens (primary N) is 2. The minimum atomic E-state index is -0.190. The molecule has 0 amide bonds. The van der Waals surface area contributed by atoms with Gasteiger partial charge in [-0.15, -0.1) is 6.42 Å². The summed E-state index contributed by atoms with van der Waals surface area (Å²) in [6.07, 6.45) is 11.7. The van der Waals surface area contributed by atoms with Gasteiger partial charge >= 0.3 is 0 Å². The van der Waals surface area contributed by atoms with Gasteiger partial charge in [0.05, 0.1) is 12.8 Å². The van der Waals surface area contributed by atoms with Gasteiger partial charge < -0.3 is 21.5 Å². The van der Waals surface area contributed by atoms with Gasteiger partial charge in [-0.25, -0.2) is 19.9 Å². The number of fused-ring (bicyclic) bond motifs is 1. The summed E-state index contributed by atoms with van der Waals surface area (Å²) in [5.74, 6) is 3.64. The normalized spacial score (nSPS) is 18.8. The van der Waals surface area contributed by atoms with Crippen LogP contribution in [0.3, 0.4) is 0 Å². The zero-order valence-electron chi connectivity index (χ0n) is 18.1. The molecule has 1 saturated heterocycles. The summed E-state index contributed by atoms with van der Waals surface area (Å²) in [5, 5.41) is 11.3. The number of aromatic nitrogens is 4. The van der Waals surface area contributed by atoms with Gasteiger partial charge in [0.1, 0.15) is 15.7 Å². The number of anilines is 2. The van der Waals surface area contributed by atoms with Crippen LogP contribution >= 0.6 is 11.8 Å². The molecule has 0 saturated carbocycles. The molecule has 5 N–H and O–H groups in total. The van der Waals surface area contributed by atoms with Crippen LogP contribution in [0.15, 0.2) is 46.7 Å². The predicted molar refractivity (Wildman–Crippen MR) is 127 cm³/mol. The molecule has 3 aromatic rings. The summed E-state index contributed by atoms with van der Waals surface area (Å²) in [6, 6.07) is 7.93. The van der Waals surface area contributed by atoms with Crippen LogP contribution in [-0.4, -0.2) is 38.1 Å². The lowest BCUT2D eigenvalue weighted by molar-refractivity contribution is 0.186. The first-order chi connectivity index (χ1) is 16.0. The molecule has 2 aromatic heterocycles. The second-order valence-electron chi connectivity index (χ2n) is 8.55. The number of aliphatic hydroxyl groups is 1. The minimum Gasteiger partial charge on any atom is -0.390 e. The van der Waals surface area contributed by atoms with E-state index in [1.807, 2.05) is 6.07 Å². The maximum atomic E-state index is 9.98. The molecular weight excluding hydrogens is 434 g/mol. The molecule has 1 aliphatic heterocycles. The Morgan fingerprint density at radius 1 is 1.18 bits per heavy atom. The van der Waals surface area contributed by atoms with Gasteiger partial charge in [0.25, 0.3) is 0 Å². The number of rotatable bonds is 4. The first-order valence-corrected chi connectivity index (χ1v) is 11.7. The number of nitrogens with zero attached hydrogens (tertiary/aromatic N) is 5. The number of nitrogen functional groups attached to an aromatic ring is 1. The number of hydrogen-bond donors (Lipinski definition) is 3. The molecule has 3 heterocycles. The van der Waals surface area contributed by atoms with Crippen molar-refractivity contribution in [1.29, 1.82) is 0 Å². The molecule has 1 fully saturated rings. The van der Waals surface area contributed by atoms with Crippen molar-refractivity contribution in [3.8, 4) is 12.3 Å². The van der Waals surface area contributed by atoms with Crippen LogP contribution in [0.5, 0.6) is 0 Å². The number of hydrogen-bond acceptors (Lipinski definition) is 9. The standard InChI is InChI=1S/C24H25N7OS/c1-2-15-3-4-16-12-24(21(25)17(16)11-15)6-9-31(10-7-24)22-18(14-32)29-20(13-28-22)33-19-5-8-27-23(26)30-19/h1,3-5,8,11,13,21,32H,6-7,9-10,12,14,25H2,(H2,26,27,30)/t21-/m1/s1. The first-order valence-electron chi connectivity index (χ1n) is 10.8. The maximum Gasteiger partial charge on any atom is 0.221 e. The van der Waals surface area contributed by atoms with Crippen molar-refractivity contribution < 1.29 is 5.11 Å². The summed E-state index contributed by atoms with van der Waals surface area (Å²) in [6.45, 7) is 1.42. The maximum absolute atomic E-state index is 9.98. The van der Waals surface area contributed by atoms with E-state index in [-0.39, 0.29) is 24.0 Å². The fraction of sp³-hybridized carbons (Fsp3) is 0.333. The molecule has 2 aliphatic rings. The van der Waals surface area contributed by atoms with Crippen molar-refractivity contribution in [3.63, 3.8) is 0 Å². The Kier molecular flexibility index (Phi) is 5.66. The second kappa shape index (κ2) is 8.63. The minimum absolute atomic E-state index is 0.0228. The zero-order chi connectivity index (χ0) is 23.0. The van der Waals surface area contributed by atoms with Crippen LogP contribution in [0.2, 0.25) is 0 Å². The molecule has 5 rings (SSSR count). The lowest BCUT2D eigenvalue weighted by Gasteiger charge is -2.42. The lowest BCUT2D eigenvalue weighted by Crippen LogP contribution is -2.45. The summed E-state index contributed by atoms with van der Waals surface area (Å²) < 4.78 is 0. The van der Waals surface area contributed by atoms with E-state index in [4.69, 9.17) is 17.9 Å². The lowest BCUT2D eigenvalue weighted by atomic mass is 9.73. The average Bonchev–Trinajstić information content (AvgIpc) is 3.10. The molecule has 1 aromatic carbocycles. The van der Waals surface area contributed by atoms with Crippen LogP contribution in [0, 0.1) is 17.8 Å². The molecule has 9 heteroatoms. The van der Waals surface area contributed by atoms with Crippen LogP contribution in [0.4, 0.5) is 11.8 Å². The first kappa shape index (κ1) is 21.6. The van der Waals surface area contributed by atoms with E-state index in [0.29, 0.717) is 15.7 Å². The summed E-state index contributed by atoms with van der Waals surface area (Å²) in [7, 11) is 0. The molecule has 33 heavy (non-hydrogen) atoms. The van der Waals surface area contributed by atoms with Crippen molar-refractivity contribution in [2.45, 2.75) is 42.0 Å². The summed E-state index contributed by atoms with van der Waals surface area (Å²) in [5.41, 5.74) is 16.3. The highest BCUT2D eigenvalue weighted by atomic mass is 32.2. The molecule has 168 valence electrons. The molecular formula is C24H25N7OS. The molecule has 1 spiro atoms. The van der Waals surface area contributed by atoms with E-state index in [9.17, 15) is 5.11 Å². The number of terminal acetylenes is 1. The van der Waals surface area contributed by atoms with E-state index >= 15 is 0 Å². The van der Waals surface area contributed by atoms with Gasteiger partial charge in [-0.3, -0.25) is 0 Å². The van der Waals surface area contributed by atoms with E-state index < -0.39 is 0 Å². The monoisotopic (exact) mass is 459 g/mol. The molecule has 0 unspecified atom stereocenters. The van der Waals surface area contributed by atoms with Gasteiger partial charge in [0.2, 0.25) is 5.95 Å². The molecule has 0 bridgehead atoms. The third-order valence-corrected chi connectivity index (χ3v) is 7.56. The van der Waals surface area contributed by atoms with Crippen molar-refractivity contribution in [3.05, 3.63) is 59.0 Å². The summed E-state index contributed by atoms with van der Waals surface area (Å²) in [4.78, 5) is 19.5. The number of piperidine rings is 1. The van der Waals surface area contributed by atoms with Crippen LogP contribution in [0.1, 0.15) is 41.3 Å². The third-order valence-electron chi connectivity index (χ3n) is 6.72. The SMILES string of the molecule is C#Cc1ccc2c(c1)[C@@H](N)C1(CCN(c3ncc(Sc4ccnc(N)n4)nc3CO)CC1)C2. The Morgan fingerprint density at radius 2 is 2.00 bits per heavy atom. The van der Waals surface area contributed by atoms with Gasteiger partial charge in [-0.2, -0.15) is 0 Å². The average molecular weight is 460 g/mol. The Hall–Kier alpha value is -3.19. The van der Waals surface area contributed by atoms with Crippen LogP contribution in [-0.2, 0) is 13.0 Å². The fourth-order valence-corrected chi connectivity index (χ4v) is 5.69. The highest BCUT2D eigenvalue weighted by Crippen LogP contribution is 2.51. The Bertz CT molecular complexity index is 1230. The largest absolute Gasteiger partial charge is 0.390 e. The van der Waals surface area contributed by atoms with E-state index in [0.717, 1.165) is 43.7 Å². The Morgan fingerprint density at radius 3 is 2.73 bits per heavy atom. The Labute approximate surface area is 196 Å². The fourth-order valence-electron chi connectivity index (χ4n) is 4.95. The van der Waals surface area contributed by atoms with Crippen molar-refractivity contribution in [1.82, 2.24) is 19.9 Å². The molecule has 1 aliphatic carbocycles. The smallest absolute Gasteiger partial charge is 0.221 e. The molecule has 8 nitrogen and oxygen atoms in total. The second-order valence-corrected chi connectivity index (χ2v) is 9.59. The topological polar surface area (TPSA) is 127 Å². The third kappa shape index (κ3) is 4.02. The highest BCUT2D eigenvalue weighted by molar-refractivity contribution is 7.99. The highest BCUT2D eigenvalue weighted by Gasteiger charge is 2.46. The summed E-state index contributed by atoms with van der Waals surface area (Å²) >= 11 is 1.33. The van der Waals surface area contributed by atoms with Gasteiger partial charge in [-0.05, 0) is 65.8 Å². The number of aliphatic hydroxyl groups excluding tert-OH is 1. The van der Waals surface area contributed by atoms with Gasteiger partial charge in [-0.1, -0.05) is 12.0 Å². The van der Waals surface area contributed by atoms with E-state index in [2.05, 4.69) is 42.9 Å². The van der Waals surface area contributed by atoms with Gasteiger partial charge in [0, 0.05) is 30.9 Å². The molecule has 1 atom stereocenters. The zero-order valence-corrected chi connectivity index (χ0v) is 18.9. The Balaban J connectivity index is 1.31. The number of benzene rings is 1. The van der Waals surface area contributed by atoms with Crippen molar-refractivity contribution in [2.24, 2.45) is 11.1 Å². The van der Waals surface area contributed by atoms with Crippen LogP contribution in [0.25, 0.3) is 0 Å². The quantitative estimate of drug-likeness (QED) is 0.398. The molecule has 0 radical (unpaired) electrons. The van der Waals surface area contributed by atoms with Crippen LogP contribution < -0.4 is 16.4 Å². The van der Waals surface area contributed by atoms with E-state index in [1.165, 1.54) is 22.9 Å². The van der Waals surface area contributed by atoms with Crippen molar-refractivity contribution >= 4 is 23.5 Å². The predicted octanol–water partition coefficient (Wildman–Crippen LogP) is 2.32. The van der Waals surface area contributed by atoms with E-state index in [1.54, 1.807) is 18.5 Å². The van der Waals surface area contributed by atoms with Gasteiger partial charge in [0.15, 0.2) is 5.82 Å². The van der Waals surface area contributed by atoms with Crippen molar-refractivity contribution in [2.75, 3.05) is 23.7 Å².